The first-order valence-corrected chi connectivity index (χ1v) is 11.5. The number of carbonyl (C=O) groups excluding carboxylic acids is 3. The van der Waals surface area contributed by atoms with E-state index < -0.39 is 11.9 Å². The minimum absolute atomic E-state index is 0.109. The molecule has 0 spiro atoms. The van der Waals surface area contributed by atoms with Crippen molar-refractivity contribution in [2.75, 3.05) is 26.8 Å². The third kappa shape index (κ3) is 6.92. The van der Waals surface area contributed by atoms with E-state index in [2.05, 4.69) is 10.6 Å². The Kier molecular flexibility index (Phi) is 9.06. The molecule has 0 aliphatic heterocycles. The van der Waals surface area contributed by atoms with E-state index in [1.807, 2.05) is 31.2 Å². The molecule has 178 valence electrons. The fourth-order valence-electron chi connectivity index (χ4n) is 4.09. The molecule has 8 nitrogen and oxygen atoms in total. The van der Waals surface area contributed by atoms with E-state index >= 15 is 0 Å². The van der Waals surface area contributed by atoms with E-state index in [-0.39, 0.29) is 43.3 Å². The molecule has 1 aliphatic rings. The fourth-order valence-corrected chi connectivity index (χ4v) is 4.09. The van der Waals surface area contributed by atoms with E-state index in [4.69, 9.17) is 9.15 Å². The van der Waals surface area contributed by atoms with Gasteiger partial charge in [0.25, 0.3) is 5.91 Å². The molecule has 2 aromatic rings. The van der Waals surface area contributed by atoms with Crippen molar-refractivity contribution in [1.82, 2.24) is 15.5 Å². The van der Waals surface area contributed by atoms with Crippen LogP contribution in [-0.4, -0.2) is 55.5 Å². The first kappa shape index (κ1) is 24.5. The highest BCUT2D eigenvalue weighted by Gasteiger charge is 2.32. The highest BCUT2D eigenvalue weighted by molar-refractivity contribution is 5.95. The van der Waals surface area contributed by atoms with Gasteiger partial charge in [-0.05, 0) is 37.5 Å². The second kappa shape index (κ2) is 12.2. The van der Waals surface area contributed by atoms with Gasteiger partial charge < -0.3 is 24.7 Å². The van der Waals surface area contributed by atoms with E-state index in [1.54, 1.807) is 13.2 Å². The van der Waals surface area contributed by atoms with Crippen LogP contribution in [0.3, 0.4) is 0 Å². The topological polar surface area (TPSA) is 101 Å². The Balaban J connectivity index is 1.81. The molecule has 1 aliphatic carbocycles. The Labute approximate surface area is 194 Å². The van der Waals surface area contributed by atoms with Crippen molar-refractivity contribution in [3.63, 3.8) is 0 Å². The van der Waals surface area contributed by atoms with Crippen molar-refractivity contribution < 1.29 is 23.5 Å². The number of methoxy groups -OCH3 is 1. The summed E-state index contributed by atoms with van der Waals surface area (Å²) >= 11 is 0. The maximum absolute atomic E-state index is 13.5. The van der Waals surface area contributed by atoms with Crippen LogP contribution in [0.2, 0.25) is 0 Å². The van der Waals surface area contributed by atoms with Gasteiger partial charge in [0, 0.05) is 19.7 Å². The largest absolute Gasteiger partial charge is 0.459 e. The van der Waals surface area contributed by atoms with Gasteiger partial charge in [0.15, 0.2) is 5.76 Å². The van der Waals surface area contributed by atoms with Crippen molar-refractivity contribution in [3.8, 4) is 0 Å². The first-order valence-electron chi connectivity index (χ1n) is 11.5. The van der Waals surface area contributed by atoms with Crippen LogP contribution in [0, 0.1) is 6.92 Å². The Morgan fingerprint density at radius 2 is 1.85 bits per heavy atom. The van der Waals surface area contributed by atoms with Gasteiger partial charge in [0.05, 0.1) is 19.4 Å². The lowest BCUT2D eigenvalue weighted by Crippen LogP contribution is -2.50. The molecule has 1 fully saturated rings. The van der Waals surface area contributed by atoms with Gasteiger partial charge in [-0.15, -0.1) is 0 Å². The number of hydrogen-bond donors (Lipinski definition) is 2. The van der Waals surface area contributed by atoms with Crippen molar-refractivity contribution in [3.05, 3.63) is 59.5 Å². The van der Waals surface area contributed by atoms with Crippen LogP contribution < -0.4 is 10.6 Å². The predicted molar refractivity (Wildman–Crippen MR) is 124 cm³/mol. The minimum Gasteiger partial charge on any atom is -0.459 e. The third-order valence-electron chi connectivity index (χ3n) is 5.91. The number of hydrogen-bond acceptors (Lipinski definition) is 5. The van der Waals surface area contributed by atoms with Gasteiger partial charge in [0.2, 0.25) is 11.8 Å². The molecule has 1 saturated carbocycles. The molecule has 3 amide bonds. The molecular formula is C25H33N3O5. The maximum Gasteiger partial charge on any atom is 0.287 e. The minimum atomic E-state index is -0.823. The molecule has 1 heterocycles. The fraction of sp³-hybridized carbons (Fsp3) is 0.480. The van der Waals surface area contributed by atoms with E-state index in [0.717, 1.165) is 36.8 Å². The summed E-state index contributed by atoms with van der Waals surface area (Å²) < 4.78 is 10.3. The highest BCUT2D eigenvalue weighted by atomic mass is 16.5. The Morgan fingerprint density at radius 1 is 1.12 bits per heavy atom. The zero-order valence-electron chi connectivity index (χ0n) is 19.3. The molecule has 1 aromatic heterocycles. The van der Waals surface area contributed by atoms with Crippen molar-refractivity contribution in [2.45, 2.75) is 51.1 Å². The number of nitrogens with one attached hydrogen (secondary N) is 2. The molecule has 0 radical (unpaired) electrons. The number of furan rings is 1. The Morgan fingerprint density at radius 3 is 2.48 bits per heavy atom. The quantitative estimate of drug-likeness (QED) is 0.574. The molecule has 0 saturated heterocycles. The molecule has 1 aromatic carbocycles. The van der Waals surface area contributed by atoms with Crippen LogP contribution in [0.15, 0.2) is 47.1 Å². The molecule has 3 rings (SSSR count). The van der Waals surface area contributed by atoms with Gasteiger partial charge in [-0.2, -0.15) is 0 Å². The van der Waals surface area contributed by atoms with Crippen LogP contribution in [0.25, 0.3) is 0 Å². The van der Waals surface area contributed by atoms with Crippen LogP contribution in [-0.2, 0) is 14.3 Å². The Hall–Kier alpha value is -3.13. The zero-order valence-corrected chi connectivity index (χ0v) is 19.3. The summed E-state index contributed by atoms with van der Waals surface area (Å²) in [5.41, 5.74) is 1.78. The van der Waals surface area contributed by atoms with Crippen LogP contribution >= 0.6 is 0 Å². The van der Waals surface area contributed by atoms with Crippen molar-refractivity contribution in [1.29, 1.82) is 0 Å². The highest BCUT2D eigenvalue weighted by Crippen LogP contribution is 2.24. The summed E-state index contributed by atoms with van der Waals surface area (Å²) in [6.45, 7) is 2.18. The normalized spacial score (nSPS) is 15.0. The van der Waals surface area contributed by atoms with Gasteiger partial charge in [0.1, 0.15) is 6.04 Å². The monoisotopic (exact) mass is 455 g/mol. The second-order valence-corrected chi connectivity index (χ2v) is 8.40. The second-order valence-electron chi connectivity index (χ2n) is 8.40. The average Bonchev–Trinajstić information content (AvgIpc) is 3.36. The number of carbonyl (C=O) groups is 3. The predicted octanol–water partition coefficient (Wildman–Crippen LogP) is 2.98. The standard InChI is InChI=1S/C25H33N3O5/c1-18-10-12-19(13-11-18)23(25(31)27-20-7-4-3-5-8-20)28(14-16-32-2)22(29)17-26-24(30)21-9-6-15-33-21/h6,9-13,15,20,23H,3-5,7-8,14,16-17H2,1-2H3,(H,26,30)(H,27,31)/t23-/m1/s1. The lowest BCUT2D eigenvalue weighted by atomic mass is 9.94. The number of amides is 3. The SMILES string of the molecule is COCCN(C(=O)CNC(=O)c1ccco1)[C@@H](C(=O)NC1CCCCC1)c1ccc(C)cc1. The summed E-state index contributed by atoms with van der Waals surface area (Å²) in [5, 5.41) is 5.74. The van der Waals surface area contributed by atoms with Gasteiger partial charge in [-0.3, -0.25) is 14.4 Å². The smallest absolute Gasteiger partial charge is 0.287 e. The number of benzene rings is 1. The summed E-state index contributed by atoms with van der Waals surface area (Å²) in [5.74, 6) is -0.959. The summed E-state index contributed by atoms with van der Waals surface area (Å²) in [6, 6.07) is 10.00. The average molecular weight is 456 g/mol. The number of ether oxygens (including phenoxy) is 1. The number of aryl methyl sites for hydroxylation is 1. The molecule has 33 heavy (non-hydrogen) atoms. The van der Waals surface area contributed by atoms with Crippen LogP contribution in [0.4, 0.5) is 0 Å². The van der Waals surface area contributed by atoms with Gasteiger partial charge in [-0.1, -0.05) is 49.1 Å². The lowest BCUT2D eigenvalue weighted by molar-refractivity contribution is -0.141. The van der Waals surface area contributed by atoms with Crippen LogP contribution in [0.5, 0.6) is 0 Å². The zero-order chi connectivity index (χ0) is 23.6. The van der Waals surface area contributed by atoms with Crippen molar-refractivity contribution >= 4 is 17.7 Å². The number of rotatable bonds is 10. The van der Waals surface area contributed by atoms with E-state index in [1.165, 1.54) is 23.7 Å². The maximum atomic E-state index is 13.5. The Bertz CT molecular complexity index is 905. The lowest BCUT2D eigenvalue weighted by Gasteiger charge is -2.33. The van der Waals surface area contributed by atoms with Crippen LogP contribution in [0.1, 0.15) is 59.8 Å². The molecule has 0 unspecified atom stereocenters. The first-order chi connectivity index (χ1) is 16.0. The summed E-state index contributed by atoms with van der Waals surface area (Å²) in [7, 11) is 1.55. The molecule has 8 heteroatoms. The van der Waals surface area contributed by atoms with E-state index in [0.29, 0.717) is 0 Å². The van der Waals surface area contributed by atoms with E-state index in [9.17, 15) is 14.4 Å². The van der Waals surface area contributed by atoms with Crippen molar-refractivity contribution in [2.24, 2.45) is 0 Å². The molecule has 0 bridgehead atoms. The van der Waals surface area contributed by atoms with Gasteiger partial charge in [-0.25, -0.2) is 0 Å². The molecule has 2 N–H and O–H groups in total. The summed E-state index contributed by atoms with van der Waals surface area (Å²) in [4.78, 5) is 40.5. The molecular weight excluding hydrogens is 422 g/mol. The summed E-state index contributed by atoms with van der Waals surface area (Å²) in [6.07, 6.45) is 6.64. The molecule has 1 atom stereocenters. The number of nitrogens with zero attached hydrogens (tertiary/aromatic N) is 1. The third-order valence-corrected chi connectivity index (χ3v) is 5.91. The van der Waals surface area contributed by atoms with Gasteiger partial charge >= 0.3 is 0 Å².